The molecule has 0 unspecified atom stereocenters. The minimum absolute atomic E-state index is 0.0999. The number of anilines is 1. The molecule has 0 radical (unpaired) electrons. The lowest BCUT2D eigenvalue weighted by Gasteiger charge is -2.27. The first kappa shape index (κ1) is 23.7. The van der Waals surface area contributed by atoms with Crippen LogP contribution in [-0.4, -0.2) is 25.4 Å². The molecular weight excluding hydrogens is 499 g/mol. The van der Waals surface area contributed by atoms with Crippen LogP contribution in [0.3, 0.4) is 0 Å². The highest BCUT2D eigenvalue weighted by Gasteiger charge is 2.20. The zero-order chi connectivity index (χ0) is 23.3. The van der Waals surface area contributed by atoms with E-state index < -0.39 is 15.9 Å². The summed E-state index contributed by atoms with van der Waals surface area (Å²) in [7, 11) is -4.12. The van der Waals surface area contributed by atoms with E-state index in [1.807, 2.05) is 26.0 Å². The number of urea groups is 1. The Bertz CT molecular complexity index is 1200. The maximum absolute atomic E-state index is 13.1. The second-order valence-corrected chi connectivity index (χ2v) is 9.76. The van der Waals surface area contributed by atoms with Gasteiger partial charge in [0.1, 0.15) is 16.5 Å². The largest absolute Gasteiger partial charge is 0.379 e. The Kier molecular flexibility index (Phi) is 7.52. The summed E-state index contributed by atoms with van der Waals surface area (Å²) in [5.41, 5.74) is 1.34. The molecule has 1 N–H and O–H groups in total. The molecule has 0 saturated heterocycles. The van der Waals surface area contributed by atoms with Gasteiger partial charge in [-0.25, -0.2) is 9.18 Å². The molecule has 0 aliphatic rings. The van der Waals surface area contributed by atoms with E-state index in [9.17, 15) is 17.6 Å². The molecule has 0 atom stereocenters. The number of nitrogens with zero attached hydrogens (tertiary/aromatic N) is 1. The summed E-state index contributed by atoms with van der Waals surface area (Å²) in [5, 5.41) is 2.86. The maximum atomic E-state index is 13.1. The molecule has 168 valence electrons. The van der Waals surface area contributed by atoms with Gasteiger partial charge in [-0.1, -0.05) is 34.1 Å². The third-order valence-electron chi connectivity index (χ3n) is 4.52. The van der Waals surface area contributed by atoms with Gasteiger partial charge >= 0.3 is 16.1 Å². The van der Waals surface area contributed by atoms with Crippen LogP contribution in [0.2, 0.25) is 0 Å². The second kappa shape index (κ2) is 10.1. The highest BCUT2D eigenvalue weighted by atomic mass is 79.9. The van der Waals surface area contributed by atoms with E-state index in [-0.39, 0.29) is 29.3 Å². The van der Waals surface area contributed by atoms with Crippen LogP contribution in [0.25, 0.3) is 0 Å². The van der Waals surface area contributed by atoms with Crippen LogP contribution in [0.1, 0.15) is 19.4 Å². The number of nitrogens with one attached hydrogen (secondary N) is 1. The summed E-state index contributed by atoms with van der Waals surface area (Å²) in [5.74, 6) is -0.441. The van der Waals surface area contributed by atoms with E-state index in [4.69, 9.17) is 4.18 Å². The van der Waals surface area contributed by atoms with Gasteiger partial charge in [0.2, 0.25) is 0 Å². The van der Waals surface area contributed by atoms with Crippen LogP contribution in [-0.2, 0) is 16.7 Å². The Labute approximate surface area is 195 Å². The van der Waals surface area contributed by atoms with Gasteiger partial charge in [-0.3, -0.25) is 0 Å². The van der Waals surface area contributed by atoms with Gasteiger partial charge in [-0.15, -0.1) is 0 Å². The third kappa shape index (κ3) is 6.30. The van der Waals surface area contributed by atoms with Crippen molar-refractivity contribution in [2.24, 2.45) is 0 Å². The number of halogens is 2. The SMILES string of the molecule is CC(C)N(Cc1cccc(OS(=O)(=O)c2ccc(F)cc2)c1)C(=O)Nc1cccc(Br)c1. The minimum atomic E-state index is -4.12. The van der Waals surface area contributed by atoms with Gasteiger partial charge in [0, 0.05) is 22.7 Å². The molecule has 0 bridgehead atoms. The van der Waals surface area contributed by atoms with Crippen molar-refractivity contribution in [2.45, 2.75) is 31.3 Å². The molecule has 0 aliphatic heterocycles. The van der Waals surface area contributed by atoms with Crippen molar-refractivity contribution < 1.29 is 21.8 Å². The summed E-state index contributed by atoms with van der Waals surface area (Å²) >= 11 is 3.38. The standard InChI is InChI=1S/C23H22BrFN2O4S/c1-16(2)27(23(28)26-20-7-4-6-18(24)14-20)15-17-5-3-8-21(13-17)31-32(29,30)22-11-9-19(25)10-12-22/h3-14,16H,15H2,1-2H3,(H,26,28). The van der Waals surface area contributed by atoms with Gasteiger partial charge in [0.15, 0.2) is 0 Å². The fourth-order valence-corrected chi connectivity index (χ4v) is 4.24. The lowest BCUT2D eigenvalue weighted by atomic mass is 10.2. The molecule has 0 aromatic heterocycles. The van der Waals surface area contributed by atoms with Gasteiger partial charge < -0.3 is 14.4 Å². The Balaban J connectivity index is 1.75. The third-order valence-corrected chi connectivity index (χ3v) is 6.27. The van der Waals surface area contributed by atoms with E-state index in [1.54, 1.807) is 35.2 Å². The fraction of sp³-hybridized carbons (Fsp3) is 0.174. The number of rotatable bonds is 7. The van der Waals surface area contributed by atoms with E-state index in [0.29, 0.717) is 11.3 Å². The van der Waals surface area contributed by atoms with Crippen molar-refractivity contribution in [2.75, 3.05) is 5.32 Å². The van der Waals surface area contributed by atoms with Crippen LogP contribution in [0.4, 0.5) is 14.9 Å². The van der Waals surface area contributed by atoms with Crippen LogP contribution < -0.4 is 9.50 Å². The smallest absolute Gasteiger partial charge is 0.339 e. The molecule has 0 saturated carbocycles. The molecule has 3 aromatic rings. The van der Waals surface area contributed by atoms with Crippen LogP contribution in [0.5, 0.6) is 5.75 Å². The van der Waals surface area contributed by atoms with Gasteiger partial charge in [-0.2, -0.15) is 8.42 Å². The molecule has 0 fully saturated rings. The Morgan fingerprint density at radius 2 is 1.75 bits per heavy atom. The predicted molar refractivity (Wildman–Crippen MR) is 124 cm³/mol. The second-order valence-electron chi connectivity index (χ2n) is 7.30. The molecule has 0 aliphatic carbocycles. The van der Waals surface area contributed by atoms with Crippen LogP contribution in [0, 0.1) is 5.82 Å². The molecule has 0 heterocycles. The number of carbonyl (C=O) groups is 1. The summed E-state index contributed by atoms with van der Waals surface area (Å²) < 4.78 is 44.1. The number of hydrogen-bond acceptors (Lipinski definition) is 4. The highest BCUT2D eigenvalue weighted by molar-refractivity contribution is 9.10. The summed E-state index contributed by atoms with van der Waals surface area (Å²) in [6, 6.07) is 17.7. The molecule has 3 aromatic carbocycles. The Morgan fingerprint density at radius 3 is 2.41 bits per heavy atom. The quantitative estimate of drug-likeness (QED) is 0.399. The van der Waals surface area contributed by atoms with E-state index in [1.165, 1.54) is 6.07 Å². The highest BCUT2D eigenvalue weighted by Crippen LogP contribution is 2.22. The minimum Gasteiger partial charge on any atom is -0.379 e. The Morgan fingerprint density at radius 1 is 1.06 bits per heavy atom. The van der Waals surface area contributed by atoms with Gasteiger partial charge in [0.05, 0.1) is 0 Å². The topological polar surface area (TPSA) is 75.7 Å². The van der Waals surface area contributed by atoms with E-state index >= 15 is 0 Å². The van der Waals surface area contributed by atoms with Crippen LogP contribution in [0.15, 0.2) is 82.2 Å². The number of amides is 2. The first-order valence-electron chi connectivity index (χ1n) is 9.76. The fourth-order valence-electron chi connectivity index (χ4n) is 2.92. The van der Waals surface area contributed by atoms with E-state index in [0.717, 1.165) is 28.7 Å². The normalized spacial score (nSPS) is 11.3. The predicted octanol–water partition coefficient (Wildman–Crippen LogP) is 5.80. The number of benzene rings is 3. The lowest BCUT2D eigenvalue weighted by Crippen LogP contribution is -2.39. The molecule has 6 nitrogen and oxygen atoms in total. The van der Waals surface area contributed by atoms with Crippen LogP contribution >= 0.6 is 15.9 Å². The summed E-state index contributed by atoms with van der Waals surface area (Å²) in [6.07, 6.45) is 0. The molecule has 0 spiro atoms. The van der Waals surface area contributed by atoms with Crippen molar-refractivity contribution in [3.8, 4) is 5.75 Å². The van der Waals surface area contributed by atoms with E-state index in [2.05, 4.69) is 21.2 Å². The maximum Gasteiger partial charge on any atom is 0.339 e. The first-order valence-corrected chi connectivity index (χ1v) is 12.0. The first-order chi connectivity index (χ1) is 15.1. The molecule has 3 rings (SSSR count). The van der Waals surface area contributed by atoms with Crippen molar-refractivity contribution in [3.63, 3.8) is 0 Å². The van der Waals surface area contributed by atoms with Gasteiger partial charge in [-0.05, 0) is 74.0 Å². The van der Waals surface area contributed by atoms with Crippen molar-refractivity contribution in [1.29, 1.82) is 0 Å². The molecular formula is C23H22BrFN2O4S. The molecule has 9 heteroatoms. The Hall–Kier alpha value is -2.91. The lowest BCUT2D eigenvalue weighted by molar-refractivity contribution is 0.193. The monoisotopic (exact) mass is 520 g/mol. The summed E-state index contributed by atoms with van der Waals surface area (Å²) in [6.45, 7) is 4.02. The molecule has 32 heavy (non-hydrogen) atoms. The zero-order valence-corrected chi connectivity index (χ0v) is 19.9. The number of hydrogen-bond donors (Lipinski definition) is 1. The van der Waals surface area contributed by atoms with Crippen molar-refractivity contribution >= 4 is 37.8 Å². The summed E-state index contributed by atoms with van der Waals surface area (Å²) in [4.78, 5) is 14.3. The molecule has 2 amide bonds. The van der Waals surface area contributed by atoms with Gasteiger partial charge in [0.25, 0.3) is 0 Å². The zero-order valence-electron chi connectivity index (χ0n) is 17.5. The average molecular weight is 521 g/mol. The number of carbonyl (C=O) groups excluding carboxylic acids is 1. The average Bonchev–Trinajstić information content (AvgIpc) is 2.72. The van der Waals surface area contributed by atoms with Crippen molar-refractivity contribution in [1.82, 2.24) is 4.90 Å². The van der Waals surface area contributed by atoms with Crippen molar-refractivity contribution in [3.05, 3.63) is 88.6 Å².